The normalized spacial score (nSPS) is 12.2. The number of carbonyl (C=O) groups is 1. The zero-order valence-electron chi connectivity index (χ0n) is 20.6. The summed E-state index contributed by atoms with van der Waals surface area (Å²) in [5, 5.41) is 0. The lowest BCUT2D eigenvalue weighted by atomic mass is 9.95. The number of hydrogen-bond acceptors (Lipinski definition) is 4. The van der Waals surface area contributed by atoms with Gasteiger partial charge in [0.15, 0.2) is 0 Å². The number of nitrogens with zero attached hydrogens (tertiary/aromatic N) is 2. The Labute approximate surface area is 200 Å². The van der Waals surface area contributed by atoms with Gasteiger partial charge in [-0.3, -0.25) is 4.79 Å². The number of H-pyrrole nitrogens is 1. The van der Waals surface area contributed by atoms with Crippen molar-refractivity contribution in [3.05, 3.63) is 88.2 Å². The third-order valence-corrected chi connectivity index (χ3v) is 6.20. The molecule has 1 amide bonds. The molecule has 3 aromatic carbocycles. The number of para-hydroxylation sites is 2. The zero-order valence-corrected chi connectivity index (χ0v) is 20.6. The summed E-state index contributed by atoms with van der Waals surface area (Å²) in [6.07, 6.45) is 0. The lowest BCUT2D eigenvalue weighted by Crippen LogP contribution is -2.41. The van der Waals surface area contributed by atoms with E-state index in [0.717, 1.165) is 38.9 Å². The number of rotatable bonds is 6. The van der Waals surface area contributed by atoms with Crippen LogP contribution in [0.25, 0.3) is 11.0 Å². The van der Waals surface area contributed by atoms with Gasteiger partial charge in [0, 0.05) is 11.6 Å². The number of aromatic nitrogens is 2. The zero-order chi connectivity index (χ0) is 24.6. The van der Waals surface area contributed by atoms with Gasteiger partial charge in [0.25, 0.3) is 5.91 Å². The first-order chi connectivity index (χ1) is 16.2. The first-order valence-electron chi connectivity index (χ1n) is 11.5. The quantitative estimate of drug-likeness (QED) is 0.364. The number of nitrogens with one attached hydrogen (secondary N) is 1. The second kappa shape index (κ2) is 9.21. The Hall–Kier alpha value is -3.80. The number of amides is 1. The van der Waals surface area contributed by atoms with Gasteiger partial charge in [-0.25, -0.2) is 4.98 Å². The van der Waals surface area contributed by atoms with Crippen molar-refractivity contribution in [2.75, 3.05) is 12.8 Å². The number of nitrogen functional groups attached to an aromatic ring is 1. The van der Waals surface area contributed by atoms with Gasteiger partial charge < -0.3 is 20.4 Å². The summed E-state index contributed by atoms with van der Waals surface area (Å²) >= 11 is 0. The van der Waals surface area contributed by atoms with Crippen LogP contribution >= 0.6 is 0 Å². The Morgan fingerprint density at radius 3 is 2.29 bits per heavy atom. The van der Waals surface area contributed by atoms with E-state index < -0.39 is 6.04 Å². The summed E-state index contributed by atoms with van der Waals surface area (Å²) in [5.74, 6) is 1.25. The lowest BCUT2D eigenvalue weighted by Gasteiger charge is -2.35. The van der Waals surface area contributed by atoms with Crippen molar-refractivity contribution in [1.82, 2.24) is 14.9 Å². The molecule has 176 valence electrons. The van der Waals surface area contributed by atoms with E-state index in [1.54, 1.807) is 7.11 Å². The third-order valence-electron chi connectivity index (χ3n) is 6.20. The number of imidazole rings is 1. The molecular formula is C28H32N4O2. The smallest absolute Gasteiger partial charge is 0.255 e. The van der Waals surface area contributed by atoms with E-state index >= 15 is 0 Å². The van der Waals surface area contributed by atoms with Crippen LogP contribution in [-0.2, 0) is 0 Å². The maximum absolute atomic E-state index is 14.2. The van der Waals surface area contributed by atoms with Crippen LogP contribution in [0, 0.1) is 20.8 Å². The summed E-state index contributed by atoms with van der Waals surface area (Å²) in [6, 6.07) is 17.1. The Morgan fingerprint density at radius 2 is 1.71 bits per heavy atom. The van der Waals surface area contributed by atoms with Gasteiger partial charge in [-0.15, -0.1) is 0 Å². The molecule has 0 aliphatic rings. The Kier molecular flexibility index (Phi) is 6.33. The molecule has 34 heavy (non-hydrogen) atoms. The van der Waals surface area contributed by atoms with Crippen LogP contribution in [0.4, 0.5) is 5.69 Å². The lowest BCUT2D eigenvalue weighted by molar-refractivity contribution is 0.0635. The van der Waals surface area contributed by atoms with Gasteiger partial charge in [-0.05, 0) is 75.6 Å². The maximum atomic E-state index is 14.2. The highest BCUT2D eigenvalue weighted by atomic mass is 16.5. The van der Waals surface area contributed by atoms with E-state index in [0.29, 0.717) is 17.3 Å². The van der Waals surface area contributed by atoms with Crippen molar-refractivity contribution >= 4 is 22.6 Å². The molecule has 4 aromatic rings. The van der Waals surface area contributed by atoms with Gasteiger partial charge in [0.1, 0.15) is 17.6 Å². The highest BCUT2D eigenvalue weighted by Gasteiger charge is 2.33. The predicted octanol–water partition coefficient (Wildman–Crippen LogP) is 5.72. The van der Waals surface area contributed by atoms with Crippen LogP contribution < -0.4 is 10.5 Å². The first kappa shape index (κ1) is 23.4. The average molecular weight is 457 g/mol. The number of hydrogen-bond donors (Lipinski definition) is 2. The number of anilines is 1. The van der Waals surface area contributed by atoms with Crippen LogP contribution in [0.5, 0.6) is 5.75 Å². The molecule has 0 radical (unpaired) electrons. The van der Waals surface area contributed by atoms with E-state index in [2.05, 4.69) is 17.1 Å². The number of aromatic amines is 1. The molecule has 0 aliphatic heterocycles. The monoisotopic (exact) mass is 456 g/mol. The average Bonchev–Trinajstić information content (AvgIpc) is 3.19. The summed E-state index contributed by atoms with van der Waals surface area (Å²) in [7, 11) is 1.59. The van der Waals surface area contributed by atoms with Gasteiger partial charge in [0.05, 0.1) is 23.8 Å². The topological polar surface area (TPSA) is 84.2 Å². The molecule has 3 N–H and O–H groups in total. The summed E-state index contributed by atoms with van der Waals surface area (Å²) in [5.41, 5.74) is 13.2. The Bertz CT molecular complexity index is 1300. The van der Waals surface area contributed by atoms with Crippen LogP contribution in [0.3, 0.4) is 0 Å². The molecule has 1 heterocycles. The fourth-order valence-corrected chi connectivity index (χ4v) is 4.77. The summed E-state index contributed by atoms with van der Waals surface area (Å²) in [4.78, 5) is 24.4. The fourth-order valence-electron chi connectivity index (χ4n) is 4.77. The Balaban J connectivity index is 1.93. The first-order valence-corrected chi connectivity index (χ1v) is 11.5. The van der Waals surface area contributed by atoms with Crippen LogP contribution in [0.1, 0.15) is 58.3 Å². The number of nitrogens with two attached hydrogens (primary N) is 1. The molecule has 1 unspecified atom stereocenters. The van der Waals surface area contributed by atoms with E-state index in [4.69, 9.17) is 15.5 Å². The number of methoxy groups -OCH3 is 1. The van der Waals surface area contributed by atoms with E-state index in [1.807, 2.05) is 82.0 Å². The number of benzene rings is 3. The number of fused-ring (bicyclic) bond motifs is 1. The van der Waals surface area contributed by atoms with Crippen molar-refractivity contribution in [3.8, 4) is 5.75 Å². The highest BCUT2D eigenvalue weighted by molar-refractivity contribution is 5.98. The molecular weight excluding hydrogens is 424 g/mol. The highest BCUT2D eigenvalue weighted by Crippen LogP contribution is 2.35. The molecule has 1 atom stereocenters. The minimum atomic E-state index is -0.465. The van der Waals surface area contributed by atoms with Crippen molar-refractivity contribution in [1.29, 1.82) is 0 Å². The van der Waals surface area contributed by atoms with Crippen molar-refractivity contribution in [2.45, 2.75) is 46.7 Å². The standard InChI is InChI=1S/C28H32N4O2/c1-16(2)32(28(33)25-18(4)13-17(3)14-19(25)5)26(20-11-12-24(34-6)21(29)15-20)27-30-22-9-7-8-10-23(22)31-27/h7-16,26H,29H2,1-6H3,(H,30,31). The van der Waals surface area contributed by atoms with Crippen molar-refractivity contribution in [3.63, 3.8) is 0 Å². The van der Waals surface area contributed by atoms with Gasteiger partial charge in [0.2, 0.25) is 0 Å². The molecule has 0 saturated carbocycles. The minimum absolute atomic E-state index is 0.0372. The molecule has 4 rings (SSSR count). The molecule has 0 fully saturated rings. The fraction of sp³-hybridized carbons (Fsp3) is 0.286. The van der Waals surface area contributed by atoms with Crippen LogP contribution in [-0.4, -0.2) is 33.9 Å². The van der Waals surface area contributed by atoms with Gasteiger partial charge in [-0.2, -0.15) is 0 Å². The second-order valence-corrected chi connectivity index (χ2v) is 9.12. The number of carbonyl (C=O) groups excluding carboxylic acids is 1. The number of aryl methyl sites for hydroxylation is 3. The molecule has 6 nitrogen and oxygen atoms in total. The van der Waals surface area contributed by atoms with E-state index in [-0.39, 0.29) is 11.9 Å². The number of ether oxygens (including phenoxy) is 1. The molecule has 0 spiro atoms. The largest absolute Gasteiger partial charge is 0.495 e. The summed E-state index contributed by atoms with van der Waals surface area (Å²) < 4.78 is 5.37. The Morgan fingerprint density at radius 1 is 1.03 bits per heavy atom. The van der Waals surface area contributed by atoms with E-state index in [9.17, 15) is 4.79 Å². The van der Waals surface area contributed by atoms with Gasteiger partial charge >= 0.3 is 0 Å². The summed E-state index contributed by atoms with van der Waals surface area (Å²) in [6.45, 7) is 10.1. The molecule has 0 bridgehead atoms. The van der Waals surface area contributed by atoms with Crippen molar-refractivity contribution in [2.24, 2.45) is 0 Å². The third kappa shape index (κ3) is 4.23. The molecule has 0 aliphatic carbocycles. The van der Waals surface area contributed by atoms with E-state index in [1.165, 1.54) is 0 Å². The SMILES string of the molecule is COc1ccc(C(c2nc3ccccc3[nH]2)N(C(=O)c2c(C)cc(C)cc2C)C(C)C)cc1N. The predicted molar refractivity (Wildman–Crippen MR) is 137 cm³/mol. The van der Waals surface area contributed by atoms with Crippen molar-refractivity contribution < 1.29 is 9.53 Å². The molecule has 1 aromatic heterocycles. The van der Waals surface area contributed by atoms with Crippen LogP contribution in [0.15, 0.2) is 54.6 Å². The van der Waals surface area contributed by atoms with Crippen LogP contribution in [0.2, 0.25) is 0 Å². The second-order valence-electron chi connectivity index (χ2n) is 9.12. The molecule has 0 saturated heterocycles. The minimum Gasteiger partial charge on any atom is -0.495 e. The molecule has 6 heteroatoms. The van der Waals surface area contributed by atoms with Gasteiger partial charge in [-0.1, -0.05) is 35.9 Å². The maximum Gasteiger partial charge on any atom is 0.255 e.